The van der Waals surface area contributed by atoms with Gasteiger partial charge in [0.25, 0.3) is 0 Å². The lowest BCUT2D eigenvalue weighted by Crippen LogP contribution is -2.62. The second-order valence-electron chi connectivity index (χ2n) is 6.47. The molecule has 1 N–H and O–H groups in total. The van der Waals surface area contributed by atoms with E-state index in [9.17, 15) is 5.26 Å². The number of aromatic nitrogens is 1. The number of hydrogen-bond acceptors (Lipinski definition) is 4. The minimum Gasteiger partial charge on any atom is -0.362 e. The van der Waals surface area contributed by atoms with E-state index in [-0.39, 0.29) is 5.54 Å². The number of nitrogens with zero attached hydrogens (tertiary/aromatic N) is 3. The molecule has 1 aliphatic carbocycles. The summed E-state index contributed by atoms with van der Waals surface area (Å²) in [4.78, 5) is 6.99. The predicted octanol–water partition coefficient (Wildman–Crippen LogP) is 2.68. The average molecular weight is 284 g/mol. The van der Waals surface area contributed by atoms with Gasteiger partial charge in [-0.3, -0.25) is 4.98 Å². The van der Waals surface area contributed by atoms with E-state index in [1.165, 1.54) is 32.1 Å². The molecule has 21 heavy (non-hydrogen) atoms. The molecule has 0 amide bonds. The zero-order valence-corrected chi connectivity index (χ0v) is 13.1. The molecular formula is C17H24N4. The van der Waals surface area contributed by atoms with E-state index >= 15 is 0 Å². The highest BCUT2D eigenvalue weighted by molar-refractivity contribution is 5.63. The van der Waals surface area contributed by atoms with Gasteiger partial charge in [-0.15, -0.1) is 0 Å². The number of rotatable bonds is 1. The van der Waals surface area contributed by atoms with Crippen LogP contribution in [0.4, 0.5) is 5.69 Å². The second-order valence-corrected chi connectivity index (χ2v) is 6.47. The molecule has 1 aromatic rings. The standard InChI is InChI=1S/C17H24N4/c1-13-10-16(15(11-18)14(2)20-13)21-9-8-19-12-17(21)6-4-3-5-7-17/h10,19H,3-9,12H2,1-2H3. The van der Waals surface area contributed by atoms with Crippen LogP contribution >= 0.6 is 0 Å². The minimum absolute atomic E-state index is 0.197. The first-order chi connectivity index (χ1) is 10.2. The van der Waals surface area contributed by atoms with Gasteiger partial charge in [0.05, 0.1) is 22.5 Å². The van der Waals surface area contributed by atoms with Crippen molar-refractivity contribution in [3.05, 3.63) is 23.0 Å². The molecule has 1 saturated carbocycles. The SMILES string of the molecule is Cc1cc(N2CCNCC23CCCCC3)c(C#N)c(C)n1. The third-order valence-electron chi connectivity index (χ3n) is 5.03. The van der Waals surface area contributed by atoms with Crippen LogP contribution in [0.2, 0.25) is 0 Å². The summed E-state index contributed by atoms with van der Waals surface area (Å²) in [6, 6.07) is 4.49. The normalized spacial score (nSPS) is 21.3. The van der Waals surface area contributed by atoms with Gasteiger partial charge in [-0.1, -0.05) is 19.3 Å². The smallest absolute Gasteiger partial charge is 0.103 e. The Morgan fingerprint density at radius 3 is 2.76 bits per heavy atom. The highest BCUT2D eigenvalue weighted by Crippen LogP contribution is 2.39. The van der Waals surface area contributed by atoms with Gasteiger partial charge >= 0.3 is 0 Å². The molecule has 1 aromatic heterocycles. The first-order valence-electron chi connectivity index (χ1n) is 8.03. The molecule has 1 saturated heterocycles. The summed E-state index contributed by atoms with van der Waals surface area (Å²) >= 11 is 0. The Kier molecular flexibility index (Phi) is 3.86. The molecule has 3 rings (SSSR count). The Hall–Kier alpha value is -1.60. The number of anilines is 1. The van der Waals surface area contributed by atoms with Crippen molar-refractivity contribution in [2.75, 3.05) is 24.5 Å². The van der Waals surface area contributed by atoms with Gasteiger partial charge in [-0.2, -0.15) is 5.26 Å². The molecule has 2 aliphatic rings. The lowest BCUT2D eigenvalue weighted by Gasteiger charge is -2.51. The van der Waals surface area contributed by atoms with E-state index in [4.69, 9.17) is 0 Å². The summed E-state index contributed by atoms with van der Waals surface area (Å²) < 4.78 is 0. The van der Waals surface area contributed by atoms with Crippen molar-refractivity contribution in [1.29, 1.82) is 5.26 Å². The van der Waals surface area contributed by atoms with Crippen molar-refractivity contribution < 1.29 is 0 Å². The Morgan fingerprint density at radius 1 is 1.29 bits per heavy atom. The molecular weight excluding hydrogens is 260 g/mol. The van der Waals surface area contributed by atoms with Crippen molar-refractivity contribution in [2.24, 2.45) is 0 Å². The zero-order valence-electron chi connectivity index (χ0n) is 13.1. The van der Waals surface area contributed by atoms with E-state index in [2.05, 4.69) is 27.3 Å². The molecule has 2 heterocycles. The van der Waals surface area contributed by atoms with Crippen LogP contribution in [-0.2, 0) is 0 Å². The Labute approximate surface area is 127 Å². The number of aryl methyl sites for hydroxylation is 2. The quantitative estimate of drug-likeness (QED) is 0.861. The first kappa shape index (κ1) is 14.3. The van der Waals surface area contributed by atoms with Gasteiger partial charge in [0.15, 0.2) is 0 Å². The predicted molar refractivity (Wildman–Crippen MR) is 84.5 cm³/mol. The molecule has 112 valence electrons. The molecule has 0 unspecified atom stereocenters. The summed E-state index contributed by atoms with van der Waals surface area (Å²) in [5, 5.41) is 13.1. The lowest BCUT2D eigenvalue weighted by molar-refractivity contribution is 0.241. The fourth-order valence-electron chi connectivity index (χ4n) is 4.04. The molecule has 0 radical (unpaired) electrons. The van der Waals surface area contributed by atoms with Crippen LogP contribution in [0.3, 0.4) is 0 Å². The number of hydrogen-bond donors (Lipinski definition) is 1. The van der Waals surface area contributed by atoms with Gasteiger partial charge in [0.1, 0.15) is 6.07 Å². The van der Waals surface area contributed by atoms with Gasteiger partial charge < -0.3 is 10.2 Å². The van der Waals surface area contributed by atoms with E-state index in [1.54, 1.807) is 0 Å². The molecule has 4 heteroatoms. The fourth-order valence-corrected chi connectivity index (χ4v) is 4.04. The van der Waals surface area contributed by atoms with Gasteiger partial charge in [-0.05, 0) is 32.8 Å². The maximum absolute atomic E-state index is 9.58. The third-order valence-corrected chi connectivity index (χ3v) is 5.03. The van der Waals surface area contributed by atoms with Crippen molar-refractivity contribution in [3.8, 4) is 6.07 Å². The van der Waals surface area contributed by atoms with E-state index in [0.29, 0.717) is 0 Å². The van der Waals surface area contributed by atoms with Crippen LogP contribution in [0.1, 0.15) is 49.1 Å². The Bertz CT molecular complexity index is 559. The van der Waals surface area contributed by atoms with Crippen molar-refractivity contribution >= 4 is 5.69 Å². The Balaban J connectivity index is 2.07. The highest BCUT2D eigenvalue weighted by Gasteiger charge is 2.40. The Morgan fingerprint density at radius 2 is 2.05 bits per heavy atom. The van der Waals surface area contributed by atoms with E-state index < -0.39 is 0 Å². The summed E-state index contributed by atoms with van der Waals surface area (Å²) in [5.74, 6) is 0. The molecule has 0 atom stereocenters. The summed E-state index contributed by atoms with van der Waals surface area (Å²) in [6.07, 6.45) is 6.39. The van der Waals surface area contributed by atoms with Crippen LogP contribution < -0.4 is 10.2 Å². The van der Waals surface area contributed by atoms with Crippen LogP contribution in [-0.4, -0.2) is 30.2 Å². The molecule has 0 bridgehead atoms. The molecule has 1 aliphatic heterocycles. The van der Waals surface area contributed by atoms with Crippen molar-refractivity contribution in [2.45, 2.75) is 51.5 Å². The first-order valence-corrected chi connectivity index (χ1v) is 8.03. The maximum Gasteiger partial charge on any atom is 0.103 e. The third kappa shape index (κ3) is 2.51. The molecule has 0 aromatic carbocycles. The summed E-state index contributed by atoms with van der Waals surface area (Å²) in [7, 11) is 0. The molecule has 4 nitrogen and oxygen atoms in total. The maximum atomic E-state index is 9.58. The van der Waals surface area contributed by atoms with E-state index in [0.717, 1.165) is 42.3 Å². The van der Waals surface area contributed by atoms with Gasteiger partial charge in [0, 0.05) is 25.3 Å². The number of piperazine rings is 1. The van der Waals surface area contributed by atoms with Crippen LogP contribution in [0.25, 0.3) is 0 Å². The average Bonchev–Trinajstić information content (AvgIpc) is 2.48. The monoisotopic (exact) mass is 284 g/mol. The fraction of sp³-hybridized carbons (Fsp3) is 0.647. The molecule has 2 fully saturated rings. The summed E-state index contributed by atoms with van der Waals surface area (Å²) in [5.41, 5.74) is 3.92. The van der Waals surface area contributed by atoms with Gasteiger partial charge in [0.2, 0.25) is 0 Å². The van der Waals surface area contributed by atoms with E-state index in [1.807, 2.05) is 13.8 Å². The van der Waals surface area contributed by atoms with Crippen LogP contribution in [0, 0.1) is 25.2 Å². The topological polar surface area (TPSA) is 52.0 Å². The van der Waals surface area contributed by atoms with Crippen molar-refractivity contribution in [3.63, 3.8) is 0 Å². The van der Waals surface area contributed by atoms with Crippen LogP contribution in [0.15, 0.2) is 6.07 Å². The number of nitrogens with one attached hydrogen (secondary N) is 1. The lowest BCUT2D eigenvalue weighted by atomic mass is 9.78. The van der Waals surface area contributed by atoms with Crippen LogP contribution in [0.5, 0.6) is 0 Å². The number of pyridine rings is 1. The van der Waals surface area contributed by atoms with Crippen molar-refractivity contribution in [1.82, 2.24) is 10.3 Å². The molecule has 1 spiro atoms. The second kappa shape index (κ2) is 5.65. The highest BCUT2D eigenvalue weighted by atomic mass is 15.3. The number of nitriles is 1. The van der Waals surface area contributed by atoms with Gasteiger partial charge in [-0.25, -0.2) is 0 Å². The zero-order chi connectivity index (χ0) is 14.9. The largest absolute Gasteiger partial charge is 0.362 e. The summed E-state index contributed by atoms with van der Waals surface area (Å²) in [6.45, 7) is 6.99. The minimum atomic E-state index is 0.197.